The lowest BCUT2D eigenvalue weighted by Gasteiger charge is -2.19. The van der Waals surface area contributed by atoms with Crippen LogP contribution < -0.4 is 5.32 Å². The standard InChI is InChI=1S/C20H23BrN2O3/c1-12-8-13(2)10-15(9-12)18(24)17(21)14-6-7-22-16(11-14)23-19(25)26-20(3,4)5/h6-11,17H,1-5H3,(H,22,23,25)/t17-/m0/s1. The van der Waals surface area contributed by atoms with Crippen LogP contribution in [0.5, 0.6) is 0 Å². The highest BCUT2D eigenvalue weighted by Crippen LogP contribution is 2.29. The number of alkyl halides is 1. The molecule has 0 radical (unpaired) electrons. The first-order chi connectivity index (χ1) is 12.0. The SMILES string of the molecule is Cc1cc(C)cc(C(=O)[C@@H](Br)c2ccnc(NC(=O)OC(C)(C)C)c2)c1. The van der Waals surface area contributed by atoms with Crippen molar-refractivity contribution in [1.82, 2.24) is 4.98 Å². The Morgan fingerprint density at radius 2 is 1.73 bits per heavy atom. The number of ether oxygens (including phenoxy) is 1. The summed E-state index contributed by atoms with van der Waals surface area (Å²) >= 11 is 3.47. The number of anilines is 1. The first kappa shape index (κ1) is 20.1. The van der Waals surface area contributed by atoms with Crippen molar-refractivity contribution < 1.29 is 14.3 Å². The summed E-state index contributed by atoms with van der Waals surface area (Å²) in [5.74, 6) is 0.278. The maximum absolute atomic E-state index is 12.8. The number of carbonyl (C=O) groups excluding carboxylic acids is 2. The van der Waals surface area contributed by atoms with Gasteiger partial charge in [0.2, 0.25) is 0 Å². The maximum atomic E-state index is 12.8. The molecule has 2 aromatic rings. The first-order valence-electron chi connectivity index (χ1n) is 8.28. The number of pyridine rings is 1. The van der Waals surface area contributed by atoms with Crippen LogP contribution in [-0.2, 0) is 4.74 Å². The minimum Gasteiger partial charge on any atom is -0.444 e. The van der Waals surface area contributed by atoms with Gasteiger partial charge in [-0.2, -0.15) is 0 Å². The molecule has 0 aliphatic rings. The minimum absolute atomic E-state index is 0.0498. The third kappa shape index (κ3) is 5.66. The Kier molecular flexibility index (Phi) is 6.18. The van der Waals surface area contributed by atoms with Gasteiger partial charge in [-0.25, -0.2) is 9.78 Å². The fraction of sp³-hybridized carbons (Fsp3) is 0.350. The second-order valence-corrected chi connectivity index (χ2v) is 8.12. The Balaban J connectivity index is 2.18. The fourth-order valence-electron chi connectivity index (χ4n) is 2.50. The lowest BCUT2D eigenvalue weighted by Crippen LogP contribution is -2.27. The zero-order valence-corrected chi connectivity index (χ0v) is 17.2. The predicted octanol–water partition coefficient (Wildman–Crippen LogP) is 5.36. The van der Waals surface area contributed by atoms with E-state index in [2.05, 4.69) is 26.2 Å². The summed E-state index contributed by atoms with van der Waals surface area (Å²) in [6, 6.07) is 9.15. The average Bonchev–Trinajstić information content (AvgIpc) is 2.50. The number of Topliss-reactive ketones (excluding diaryl/α,β-unsaturated/α-hetero) is 1. The lowest BCUT2D eigenvalue weighted by atomic mass is 10.00. The summed E-state index contributed by atoms with van der Waals surface area (Å²) in [5.41, 5.74) is 2.82. The van der Waals surface area contributed by atoms with E-state index in [4.69, 9.17) is 4.74 Å². The van der Waals surface area contributed by atoms with Crippen molar-refractivity contribution in [1.29, 1.82) is 0 Å². The quantitative estimate of drug-likeness (QED) is 0.535. The topological polar surface area (TPSA) is 68.3 Å². The highest BCUT2D eigenvalue weighted by atomic mass is 79.9. The van der Waals surface area contributed by atoms with E-state index in [1.54, 1.807) is 39.1 Å². The van der Waals surface area contributed by atoms with Crippen molar-refractivity contribution >= 4 is 33.6 Å². The first-order valence-corrected chi connectivity index (χ1v) is 9.19. The summed E-state index contributed by atoms with van der Waals surface area (Å²) in [6.45, 7) is 9.28. The third-order valence-electron chi connectivity index (χ3n) is 3.44. The monoisotopic (exact) mass is 418 g/mol. The number of rotatable bonds is 4. The van der Waals surface area contributed by atoms with Gasteiger partial charge < -0.3 is 4.74 Å². The van der Waals surface area contributed by atoms with E-state index < -0.39 is 16.5 Å². The summed E-state index contributed by atoms with van der Waals surface area (Å²) in [5, 5.41) is 2.59. The van der Waals surface area contributed by atoms with Gasteiger partial charge >= 0.3 is 6.09 Å². The Labute approximate surface area is 162 Å². The number of ketones is 1. The van der Waals surface area contributed by atoms with Crippen LogP contribution in [0.4, 0.5) is 10.6 Å². The number of aryl methyl sites for hydroxylation is 2. The average molecular weight is 419 g/mol. The van der Waals surface area contributed by atoms with Crippen molar-refractivity contribution in [2.45, 2.75) is 45.0 Å². The van der Waals surface area contributed by atoms with Crippen molar-refractivity contribution in [3.8, 4) is 0 Å². The number of hydrogen-bond donors (Lipinski definition) is 1. The van der Waals surface area contributed by atoms with Crippen molar-refractivity contribution in [2.75, 3.05) is 5.32 Å². The molecule has 0 aliphatic heterocycles. The van der Waals surface area contributed by atoms with Gasteiger partial charge in [0.25, 0.3) is 0 Å². The van der Waals surface area contributed by atoms with Gasteiger partial charge in [-0.3, -0.25) is 10.1 Å². The maximum Gasteiger partial charge on any atom is 0.413 e. The highest BCUT2D eigenvalue weighted by Gasteiger charge is 2.21. The molecule has 6 heteroatoms. The molecule has 0 saturated carbocycles. The number of aromatic nitrogens is 1. The van der Waals surface area contributed by atoms with Gasteiger partial charge in [0.1, 0.15) is 16.2 Å². The fourth-order valence-corrected chi connectivity index (χ4v) is 3.04. The number of nitrogens with one attached hydrogen (secondary N) is 1. The van der Waals surface area contributed by atoms with Gasteiger partial charge in [0, 0.05) is 11.8 Å². The van der Waals surface area contributed by atoms with Gasteiger partial charge in [0.05, 0.1) is 0 Å². The smallest absolute Gasteiger partial charge is 0.413 e. The minimum atomic E-state index is -0.599. The van der Waals surface area contributed by atoms with Gasteiger partial charge in [-0.05, 0) is 64.4 Å². The van der Waals surface area contributed by atoms with Crippen molar-refractivity contribution in [3.05, 3.63) is 58.8 Å². The highest BCUT2D eigenvalue weighted by molar-refractivity contribution is 9.09. The van der Waals surface area contributed by atoms with E-state index in [0.29, 0.717) is 16.9 Å². The number of carbonyl (C=O) groups is 2. The molecule has 26 heavy (non-hydrogen) atoms. The van der Waals surface area contributed by atoms with Crippen LogP contribution in [0.3, 0.4) is 0 Å². The Hall–Kier alpha value is -2.21. The number of amides is 1. The van der Waals surface area contributed by atoms with Crippen LogP contribution >= 0.6 is 15.9 Å². The summed E-state index contributed by atoms with van der Waals surface area (Å²) < 4.78 is 5.22. The van der Waals surface area contributed by atoms with E-state index >= 15 is 0 Å². The molecule has 0 saturated heterocycles. The van der Waals surface area contributed by atoms with E-state index in [-0.39, 0.29) is 5.78 Å². The molecular formula is C20H23BrN2O3. The molecule has 1 amide bonds. The molecule has 1 atom stereocenters. The largest absolute Gasteiger partial charge is 0.444 e. The molecule has 5 nitrogen and oxygen atoms in total. The molecule has 1 heterocycles. The lowest BCUT2D eigenvalue weighted by molar-refractivity contribution is 0.0635. The Morgan fingerprint density at radius 1 is 1.12 bits per heavy atom. The molecule has 0 aliphatic carbocycles. The van der Waals surface area contributed by atoms with Crippen LogP contribution in [0.15, 0.2) is 36.5 Å². The zero-order valence-electron chi connectivity index (χ0n) is 15.6. The molecule has 138 valence electrons. The molecule has 0 bridgehead atoms. The summed E-state index contributed by atoms with van der Waals surface area (Å²) in [7, 11) is 0. The normalized spacial score (nSPS) is 12.4. The Bertz CT molecular complexity index is 808. The molecule has 1 N–H and O–H groups in total. The molecule has 1 aromatic carbocycles. The number of benzene rings is 1. The van der Waals surface area contributed by atoms with Crippen LogP contribution in [0, 0.1) is 13.8 Å². The second kappa shape index (κ2) is 7.99. The van der Waals surface area contributed by atoms with Crippen LogP contribution in [0.25, 0.3) is 0 Å². The molecular weight excluding hydrogens is 396 g/mol. The van der Waals surface area contributed by atoms with Crippen molar-refractivity contribution in [2.24, 2.45) is 0 Å². The van der Waals surface area contributed by atoms with E-state index in [1.807, 2.05) is 32.0 Å². The summed E-state index contributed by atoms with van der Waals surface area (Å²) in [6.07, 6.45) is 0.958. The molecule has 0 spiro atoms. The molecule has 0 fully saturated rings. The van der Waals surface area contributed by atoms with Crippen molar-refractivity contribution in [3.63, 3.8) is 0 Å². The number of hydrogen-bond acceptors (Lipinski definition) is 4. The van der Waals surface area contributed by atoms with Crippen LogP contribution in [-0.4, -0.2) is 22.5 Å². The number of halogens is 1. The number of nitrogens with zero attached hydrogens (tertiary/aromatic N) is 1. The van der Waals surface area contributed by atoms with E-state index in [0.717, 1.165) is 11.1 Å². The van der Waals surface area contributed by atoms with Crippen LogP contribution in [0.1, 0.15) is 52.6 Å². The molecule has 1 aromatic heterocycles. The van der Waals surface area contributed by atoms with Gasteiger partial charge in [-0.15, -0.1) is 0 Å². The van der Waals surface area contributed by atoms with Gasteiger partial charge in [0.15, 0.2) is 5.78 Å². The molecule has 0 unspecified atom stereocenters. The third-order valence-corrected chi connectivity index (χ3v) is 4.39. The van der Waals surface area contributed by atoms with E-state index in [1.165, 1.54) is 0 Å². The molecule has 2 rings (SSSR count). The zero-order chi connectivity index (χ0) is 19.5. The second-order valence-electron chi connectivity index (χ2n) is 7.20. The van der Waals surface area contributed by atoms with Gasteiger partial charge in [-0.1, -0.05) is 33.1 Å². The predicted molar refractivity (Wildman–Crippen MR) is 106 cm³/mol. The Morgan fingerprint density at radius 3 is 2.31 bits per heavy atom. The summed E-state index contributed by atoms with van der Waals surface area (Å²) in [4.78, 5) is 28.3. The van der Waals surface area contributed by atoms with E-state index in [9.17, 15) is 9.59 Å². The van der Waals surface area contributed by atoms with Crippen LogP contribution in [0.2, 0.25) is 0 Å².